The van der Waals surface area contributed by atoms with Crippen LogP contribution in [0.5, 0.6) is 0 Å². The summed E-state index contributed by atoms with van der Waals surface area (Å²) >= 11 is 6.17. The molecule has 21 heavy (non-hydrogen) atoms. The number of hydrogen-bond acceptors (Lipinski definition) is 2. The van der Waals surface area contributed by atoms with Gasteiger partial charge in [-0.1, -0.05) is 17.7 Å². The molecule has 0 bridgehead atoms. The van der Waals surface area contributed by atoms with Gasteiger partial charge in [0.25, 0.3) is 5.91 Å². The van der Waals surface area contributed by atoms with Crippen molar-refractivity contribution in [3.05, 3.63) is 28.8 Å². The van der Waals surface area contributed by atoms with Crippen LogP contribution in [-0.4, -0.2) is 35.3 Å². The van der Waals surface area contributed by atoms with E-state index in [1.165, 1.54) is 0 Å². The Bertz CT molecular complexity index is 602. The van der Waals surface area contributed by atoms with Gasteiger partial charge in [-0.15, -0.1) is 0 Å². The zero-order chi connectivity index (χ0) is 15.1. The molecule has 2 saturated heterocycles. The molecule has 0 N–H and O–H groups in total. The van der Waals surface area contributed by atoms with Gasteiger partial charge in [-0.25, -0.2) is 0 Å². The van der Waals surface area contributed by atoms with Crippen molar-refractivity contribution in [2.75, 3.05) is 11.4 Å². The van der Waals surface area contributed by atoms with Gasteiger partial charge in [0.1, 0.15) is 12.1 Å². The number of halogens is 1. The fraction of sp³-hybridized carbons (Fsp3) is 0.500. The number of carbonyl (C=O) groups excluding carboxylic acids is 2. The van der Waals surface area contributed by atoms with Gasteiger partial charge in [0.15, 0.2) is 0 Å². The molecule has 2 aliphatic heterocycles. The normalized spacial score (nSPS) is 26.0. The standard InChI is InChI=1S/C16H19ClN2O2/c1-10-12(17)6-5-8-13(10)19-11(2)15(20)18-9-4-3-7-14(18)16(19)21/h5-6,8,11,14H,3-4,7,9H2,1-2H3. The second-order valence-electron chi connectivity index (χ2n) is 5.81. The summed E-state index contributed by atoms with van der Waals surface area (Å²) in [6.07, 6.45) is 2.74. The molecule has 2 unspecified atom stereocenters. The Morgan fingerprint density at radius 2 is 1.95 bits per heavy atom. The topological polar surface area (TPSA) is 40.6 Å². The maximum atomic E-state index is 12.9. The molecule has 1 aromatic rings. The molecule has 1 aromatic carbocycles. The van der Waals surface area contributed by atoms with Crippen LogP contribution in [0.1, 0.15) is 31.7 Å². The summed E-state index contributed by atoms with van der Waals surface area (Å²) in [7, 11) is 0. The highest BCUT2D eigenvalue weighted by atomic mass is 35.5. The first-order chi connectivity index (χ1) is 10.0. The van der Waals surface area contributed by atoms with Crippen LogP contribution in [0, 0.1) is 6.92 Å². The van der Waals surface area contributed by atoms with Crippen LogP contribution in [-0.2, 0) is 9.59 Å². The summed E-state index contributed by atoms with van der Waals surface area (Å²) in [6, 6.07) is 4.71. The molecule has 2 atom stereocenters. The summed E-state index contributed by atoms with van der Waals surface area (Å²) in [5.74, 6) is 0.0610. The maximum absolute atomic E-state index is 12.9. The number of rotatable bonds is 1. The van der Waals surface area contributed by atoms with E-state index in [9.17, 15) is 9.59 Å². The predicted molar refractivity (Wildman–Crippen MR) is 82.5 cm³/mol. The van der Waals surface area contributed by atoms with Crippen LogP contribution in [0.3, 0.4) is 0 Å². The average molecular weight is 307 g/mol. The Labute approximate surface area is 129 Å². The van der Waals surface area contributed by atoms with Crippen LogP contribution in [0.15, 0.2) is 18.2 Å². The Morgan fingerprint density at radius 1 is 1.19 bits per heavy atom. The number of hydrogen-bond donors (Lipinski definition) is 0. The highest BCUT2D eigenvalue weighted by Crippen LogP contribution is 2.33. The molecule has 0 spiro atoms. The van der Waals surface area contributed by atoms with E-state index < -0.39 is 6.04 Å². The van der Waals surface area contributed by atoms with Gasteiger partial charge >= 0.3 is 0 Å². The van der Waals surface area contributed by atoms with Gasteiger partial charge in [-0.2, -0.15) is 0 Å². The van der Waals surface area contributed by atoms with E-state index in [4.69, 9.17) is 11.6 Å². The SMILES string of the molecule is Cc1c(Cl)cccc1N1C(=O)C2CCCCN2C(=O)C1C. The largest absolute Gasteiger partial charge is 0.329 e. The lowest BCUT2D eigenvalue weighted by Crippen LogP contribution is -2.65. The van der Waals surface area contributed by atoms with Gasteiger partial charge in [0.05, 0.1) is 0 Å². The monoisotopic (exact) mass is 306 g/mol. The van der Waals surface area contributed by atoms with E-state index in [1.54, 1.807) is 22.8 Å². The highest BCUT2D eigenvalue weighted by Gasteiger charge is 2.45. The molecule has 0 aromatic heterocycles. The molecule has 2 aliphatic rings. The molecule has 2 heterocycles. The van der Waals surface area contributed by atoms with Crippen molar-refractivity contribution < 1.29 is 9.59 Å². The van der Waals surface area contributed by atoms with E-state index in [2.05, 4.69) is 0 Å². The Morgan fingerprint density at radius 3 is 2.71 bits per heavy atom. The van der Waals surface area contributed by atoms with E-state index >= 15 is 0 Å². The number of piperazine rings is 1. The lowest BCUT2D eigenvalue weighted by atomic mass is 9.95. The van der Waals surface area contributed by atoms with E-state index in [0.29, 0.717) is 11.6 Å². The summed E-state index contributed by atoms with van der Waals surface area (Å²) in [6.45, 7) is 4.38. The summed E-state index contributed by atoms with van der Waals surface area (Å²) in [5.41, 5.74) is 1.59. The van der Waals surface area contributed by atoms with Crippen molar-refractivity contribution in [1.82, 2.24) is 4.90 Å². The second kappa shape index (κ2) is 5.34. The van der Waals surface area contributed by atoms with Crippen molar-refractivity contribution in [3.63, 3.8) is 0 Å². The van der Waals surface area contributed by atoms with Crippen LogP contribution in [0.25, 0.3) is 0 Å². The van der Waals surface area contributed by atoms with E-state index in [1.807, 2.05) is 19.1 Å². The molecule has 5 heteroatoms. The van der Waals surface area contributed by atoms with Gasteiger partial charge in [0, 0.05) is 17.3 Å². The molecule has 2 amide bonds. The minimum absolute atomic E-state index is 0.0205. The van der Waals surface area contributed by atoms with E-state index in [-0.39, 0.29) is 17.9 Å². The lowest BCUT2D eigenvalue weighted by Gasteiger charge is -2.46. The fourth-order valence-electron chi connectivity index (χ4n) is 3.34. The number of anilines is 1. The van der Waals surface area contributed by atoms with Gasteiger partial charge in [-0.3, -0.25) is 14.5 Å². The Balaban J connectivity index is 2.03. The third-order valence-corrected chi connectivity index (χ3v) is 4.96. The number of nitrogens with zero attached hydrogens (tertiary/aromatic N) is 2. The van der Waals surface area contributed by atoms with Crippen LogP contribution in [0.4, 0.5) is 5.69 Å². The fourth-order valence-corrected chi connectivity index (χ4v) is 3.51. The zero-order valence-corrected chi connectivity index (χ0v) is 13.1. The number of amides is 2. The predicted octanol–water partition coefficient (Wildman–Crippen LogP) is 2.76. The third kappa shape index (κ3) is 2.22. The van der Waals surface area contributed by atoms with Crippen molar-refractivity contribution in [3.8, 4) is 0 Å². The van der Waals surface area contributed by atoms with E-state index in [0.717, 1.165) is 30.5 Å². The maximum Gasteiger partial charge on any atom is 0.250 e. The Hall–Kier alpha value is -1.55. The molecular weight excluding hydrogens is 288 g/mol. The highest BCUT2D eigenvalue weighted by molar-refractivity contribution is 6.31. The molecular formula is C16H19ClN2O2. The third-order valence-electron chi connectivity index (χ3n) is 4.55. The molecule has 0 saturated carbocycles. The number of piperidine rings is 1. The first-order valence-electron chi connectivity index (χ1n) is 7.41. The lowest BCUT2D eigenvalue weighted by molar-refractivity contribution is -0.147. The smallest absolute Gasteiger partial charge is 0.250 e. The quantitative estimate of drug-likeness (QED) is 0.800. The summed E-state index contributed by atoms with van der Waals surface area (Å²) < 4.78 is 0. The number of benzene rings is 1. The molecule has 2 fully saturated rings. The van der Waals surface area contributed by atoms with Gasteiger partial charge in [0.2, 0.25) is 5.91 Å². The molecule has 112 valence electrons. The first kappa shape index (κ1) is 14.4. The molecule has 3 rings (SSSR count). The molecule has 0 aliphatic carbocycles. The summed E-state index contributed by atoms with van der Waals surface area (Å²) in [4.78, 5) is 28.8. The van der Waals surface area contributed by atoms with Crippen LogP contribution >= 0.6 is 11.6 Å². The molecule has 4 nitrogen and oxygen atoms in total. The Kier molecular flexibility index (Phi) is 3.66. The number of fused-ring (bicyclic) bond motifs is 1. The number of carbonyl (C=O) groups is 2. The summed E-state index contributed by atoms with van der Waals surface area (Å²) in [5, 5.41) is 0.617. The van der Waals surface area contributed by atoms with Crippen molar-refractivity contribution in [1.29, 1.82) is 0 Å². The first-order valence-corrected chi connectivity index (χ1v) is 7.79. The average Bonchev–Trinajstić information content (AvgIpc) is 2.49. The minimum Gasteiger partial charge on any atom is -0.329 e. The zero-order valence-electron chi connectivity index (χ0n) is 12.3. The van der Waals surface area contributed by atoms with Gasteiger partial charge in [-0.05, 0) is 50.8 Å². The van der Waals surface area contributed by atoms with Crippen molar-refractivity contribution in [2.45, 2.75) is 45.2 Å². The minimum atomic E-state index is -0.469. The van der Waals surface area contributed by atoms with Crippen molar-refractivity contribution in [2.24, 2.45) is 0 Å². The van der Waals surface area contributed by atoms with Crippen LogP contribution < -0.4 is 4.90 Å². The van der Waals surface area contributed by atoms with Gasteiger partial charge < -0.3 is 4.90 Å². The van der Waals surface area contributed by atoms with Crippen LogP contribution in [0.2, 0.25) is 5.02 Å². The molecule has 0 radical (unpaired) electrons. The van der Waals surface area contributed by atoms with Crippen molar-refractivity contribution >= 4 is 29.1 Å². The second-order valence-corrected chi connectivity index (χ2v) is 6.22.